The lowest BCUT2D eigenvalue weighted by atomic mass is 10.1. The lowest BCUT2D eigenvalue weighted by Gasteiger charge is -2.05. The van der Waals surface area contributed by atoms with Gasteiger partial charge in [0.2, 0.25) is 11.5 Å². The van der Waals surface area contributed by atoms with Gasteiger partial charge >= 0.3 is 0 Å². The first kappa shape index (κ1) is 11.6. The maximum atomic E-state index is 11.3. The first-order chi connectivity index (χ1) is 7.07. The number of aryl methyl sites for hydroxylation is 2. The number of hydrogen-bond acceptors (Lipinski definition) is 4. The lowest BCUT2D eigenvalue weighted by molar-refractivity contribution is 0.350. The van der Waals surface area contributed by atoms with Gasteiger partial charge in [-0.25, -0.2) is 0 Å². The van der Waals surface area contributed by atoms with Crippen LogP contribution in [0, 0.1) is 6.92 Å². The molecule has 0 unspecified atom stereocenters. The molecular weight excluding hydrogens is 196 g/mol. The molecule has 0 aliphatic carbocycles. The highest BCUT2D eigenvalue weighted by Gasteiger charge is 2.14. The van der Waals surface area contributed by atoms with Crippen molar-refractivity contribution in [3.05, 3.63) is 21.7 Å². The van der Waals surface area contributed by atoms with Gasteiger partial charge in [-0.2, -0.15) is 0 Å². The molecule has 15 heavy (non-hydrogen) atoms. The summed E-state index contributed by atoms with van der Waals surface area (Å²) in [7, 11) is 0. The van der Waals surface area contributed by atoms with E-state index in [2.05, 4.69) is 6.92 Å². The highest BCUT2D eigenvalue weighted by molar-refractivity contribution is 5.34. The summed E-state index contributed by atoms with van der Waals surface area (Å²) in [5.41, 5.74) is -0.745. The first-order valence-corrected chi connectivity index (χ1v) is 5.12. The molecule has 0 spiro atoms. The van der Waals surface area contributed by atoms with E-state index in [9.17, 15) is 15.0 Å². The third kappa shape index (κ3) is 2.52. The maximum Gasteiger partial charge on any atom is 0.268 e. The van der Waals surface area contributed by atoms with E-state index in [1.54, 1.807) is 0 Å². The van der Waals surface area contributed by atoms with Crippen molar-refractivity contribution in [2.24, 2.45) is 0 Å². The van der Waals surface area contributed by atoms with Gasteiger partial charge in [0, 0.05) is 6.42 Å². The third-order valence-electron chi connectivity index (χ3n) is 2.31. The quantitative estimate of drug-likeness (QED) is 0.750. The molecule has 0 aromatic carbocycles. The summed E-state index contributed by atoms with van der Waals surface area (Å²) in [6.45, 7) is 3.57. The minimum Gasteiger partial charge on any atom is -0.502 e. The maximum absolute atomic E-state index is 11.3. The van der Waals surface area contributed by atoms with Crippen LogP contribution in [0.2, 0.25) is 0 Å². The predicted octanol–water partition coefficient (Wildman–Crippen LogP) is 2.09. The largest absolute Gasteiger partial charge is 0.502 e. The van der Waals surface area contributed by atoms with Gasteiger partial charge in [-0.1, -0.05) is 19.8 Å². The summed E-state index contributed by atoms with van der Waals surface area (Å²) in [6.07, 6.45) is 3.46. The van der Waals surface area contributed by atoms with E-state index in [-0.39, 0.29) is 11.5 Å². The van der Waals surface area contributed by atoms with Crippen LogP contribution in [0.25, 0.3) is 0 Å². The number of aromatic hydroxyl groups is 2. The second-order valence-electron chi connectivity index (χ2n) is 3.56. The second-order valence-corrected chi connectivity index (χ2v) is 3.56. The molecular formula is C11H16O4. The monoisotopic (exact) mass is 212 g/mol. The normalized spacial score (nSPS) is 10.5. The fraction of sp³-hybridized carbons (Fsp3) is 0.545. The summed E-state index contributed by atoms with van der Waals surface area (Å²) < 4.78 is 5.17. The van der Waals surface area contributed by atoms with E-state index in [1.807, 2.05) is 0 Å². The van der Waals surface area contributed by atoms with Crippen LogP contribution < -0.4 is 5.43 Å². The smallest absolute Gasteiger partial charge is 0.268 e. The molecule has 4 heteroatoms. The molecule has 84 valence electrons. The zero-order chi connectivity index (χ0) is 11.4. The van der Waals surface area contributed by atoms with Gasteiger partial charge in [-0.05, 0) is 13.3 Å². The molecule has 0 saturated heterocycles. The van der Waals surface area contributed by atoms with E-state index in [4.69, 9.17) is 4.42 Å². The number of rotatable bonds is 4. The van der Waals surface area contributed by atoms with Crippen molar-refractivity contribution < 1.29 is 14.6 Å². The molecule has 2 N–H and O–H groups in total. The van der Waals surface area contributed by atoms with Crippen molar-refractivity contribution in [3.63, 3.8) is 0 Å². The Morgan fingerprint density at radius 3 is 2.47 bits per heavy atom. The molecule has 0 aliphatic heterocycles. The third-order valence-corrected chi connectivity index (χ3v) is 2.31. The van der Waals surface area contributed by atoms with Crippen LogP contribution in [0.5, 0.6) is 11.5 Å². The molecule has 0 fully saturated rings. The van der Waals surface area contributed by atoms with Crippen LogP contribution in [0.3, 0.4) is 0 Å². The van der Waals surface area contributed by atoms with Gasteiger partial charge in [0.1, 0.15) is 11.5 Å². The van der Waals surface area contributed by atoms with Gasteiger partial charge in [0.15, 0.2) is 0 Å². The lowest BCUT2D eigenvalue weighted by Crippen LogP contribution is -2.05. The molecule has 1 heterocycles. The topological polar surface area (TPSA) is 70.7 Å². The van der Waals surface area contributed by atoms with Crippen LogP contribution in [-0.2, 0) is 6.42 Å². The fourth-order valence-electron chi connectivity index (χ4n) is 1.39. The first-order valence-electron chi connectivity index (χ1n) is 5.12. The van der Waals surface area contributed by atoms with E-state index in [1.165, 1.54) is 6.92 Å². The van der Waals surface area contributed by atoms with Gasteiger partial charge in [0.25, 0.3) is 5.43 Å². The van der Waals surface area contributed by atoms with E-state index < -0.39 is 16.9 Å². The van der Waals surface area contributed by atoms with Gasteiger partial charge in [-0.15, -0.1) is 0 Å². The second kappa shape index (κ2) is 4.87. The summed E-state index contributed by atoms with van der Waals surface area (Å²) in [6, 6.07) is 0. The van der Waals surface area contributed by atoms with Crippen molar-refractivity contribution >= 4 is 0 Å². The minimum atomic E-state index is -0.745. The zero-order valence-electron chi connectivity index (χ0n) is 9.04. The molecule has 1 aromatic heterocycles. The van der Waals surface area contributed by atoms with Crippen LogP contribution in [0.15, 0.2) is 9.21 Å². The zero-order valence-corrected chi connectivity index (χ0v) is 9.04. The van der Waals surface area contributed by atoms with Crippen molar-refractivity contribution in [1.29, 1.82) is 0 Å². The Morgan fingerprint density at radius 1 is 1.20 bits per heavy atom. The molecule has 0 radical (unpaired) electrons. The SMILES string of the molecule is CCCCCc1oc(C)c(O)c(=O)c1O. The van der Waals surface area contributed by atoms with E-state index >= 15 is 0 Å². The Labute approximate surface area is 88.2 Å². The van der Waals surface area contributed by atoms with E-state index in [0.29, 0.717) is 6.42 Å². The van der Waals surface area contributed by atoms with Crippen molar-refractivity contribution in [2.45, 2.75) is 39.5 Å². The van der Waals surface area contributed by atoms with Crippen molar-refractivity contribution in [1.82, 2.24) is 0 Å². The van der Waals surface area contributed by atoms with Crippen LogP contribution in [0.4, 0.5) is 0 Å². The molecule has 0 amide bonds. The Bertz CT molecular complexity index is 392. The number of unbranched alkanes of at least 4 members (excludes halogenated alkanes) is 2. The standard InChI is InChI=1S/C11H16O4/c1-3-4-5-6-8-10(13)11(14)9(12)7(2)15-8/h12-13H,3-6H2,1-2H3. The van der Waals surface area contributed by atoms with Gasteiger partial charge < -0.3 is 14.6 Å². The fourth-order valence-corrected chi connectivity index (χ4v) is 1.39. The molecule has 1 aromatic rings. The van der Waals surface area contributed by atoms with Gasteiger partial charge in [-0.3, -0.25) is 4.79 Å². The highest BCUT2D eigenvalue weighted by atomic mass is 16.4. The molecule has 0 atom stereocenters. The summed E-state index contributed by atoms with van der Waals surface area (Å²) in [4.78, 5) is 11.3. The average molecular weight is 212 g/mol. The van der Waals surface area contributed by atoms with E-state index in [0.717, 1.165) is 19.3 Å². The van der Waals surface area contributed by atoms with Crippen molar-refractivity contribution in [3.8, 4) is 11.5 Å². The summed E-state index contributed by atoms with van der Waals surface area (Å²) in [5, 5.41) is 18.7. The average Bonchev–Trinajstić information content (AvgIpc) is 2.23. The summed E-state index contributed by atoms with van der Waals surface area (Å²) >= 11 is 0. The predicted molar refractivity (Wildman–Crippen MR) is 56.3 cm³/mol. The molecule has 1 rings (SSSR count). The molecule has 0 saturated carbocycles. The minimum absolute atomic E-state index is 0.157. The Morgan fingerprint density at radius 2 is 1.87 bits per heavy atom. The van der Waals surface area contributed by atoms with Crippen LogP contribution in [-0.4, -0.2) is 10.2 Å². The summed E-state index contributed by atoms with van der Waals surface area (Å²) in [5.74, 6) is -0.547. The Balaban J connectivity index is 2.94. The van der Waals surface area contributed by atoms with Crippen LogP contribution >= 0.6 is 0 Å². The Kier molecular flexibility index (Phi) is 3.77. The van der Waals surface area contributed by atoms with Gasteiger partial charge in [0.05, 0.1) is 0 Å². The molecule has 4 nitrogen and oxygen atoms in total. The highest BCUT2D eigenvalue weighted by Crippen LogP contribution is 2.22. The molecule has 0 bridgehead atoms. The molecule has 0 aliphatic rings. The van der Waals surface area contributed by atoms with Crippen LogP contribution in [0.1, 0.15) is 37.7 Å². The van der Waals surface area contributed by atoms with Crippen molar-refractivity contribution in [2.75, 3.05) is 0 Å². The number of hydrogen-bond donors (Lipinski definition) is 2. The Hall–Kier alpha value is -1.45.